The van der Waals surface area contributed by atoms with Gasteiger partial charge in [-0.05, 0) is 65.8 Å². The lowest BCUT2D eigenvalue weighted by Crippen LogP contribution is -2.49. The molecule has 1 amide bonds. The van der Waals surface area contributed by atoms with E-state index in [2.05, 4.69) is 11.4 Å². The summed E-state index contributed by atoms with van der Waals surface area (Å²) in [5.74, 6) is -4.39. The molecule has 1 saturated heterocycles. The van der Waals surface area contributed by atoms with Crippen LogP contribution in [-0.4, -0.2) is 40.5 Å². The summed E-state index contributed by atoms with van der Waals surface area (Å²) in [5, 5.41) is 23.3. The summed E-state index contributed by atoms with van der Waals surface area (Å²) in [6.45, 7) is 10.3. The Labute approximate surface area is 266 Å². The fourth-order valence-electron chi connectivity index (χ4n) is 6.39. The quantitative estimate of drug-likeness (QED) is 0.258. The fourth-order valence-corrected chi connectivity index (χ4v) is 6.73. The van der Waals surface area contributed by atoms with Crippen molar-refractivity contribution in [3.63, 3.8) is 0 Å². The lowest BCUT2D eigenvalue weighted by Gasteiger charge is -2.40. The molecule has 1 aliphatic rings. The summed E-state index contributed by atoms with van der Waals surface area (Å²) in [5.41, 5.74) is -1.76. The molecule has 0 aliphatic carbocycles. The zero-order valence-corrected chi connectivity index (χ0v) is 26.7. The number of amides is 1. The average molecular weight is 643 g/mol. The number of nitriles is 1. The zero-order chi connectivity index (χ0) is 32.6. The van der Waals surface area contributed by atoms with Gasteiger partial charge in [-0.3, -0.25) is 9.69 Å². The van der Waals surface area contributed by atoms with Crippen LogP contribution in [0, 0.1) is 34.3 Å². The molecule has 4 rings (SSSR count). The van der Waals surface area contributed by atoms with Crippen LogP contribution >= 0.6 is 23.2 Å². The summed E-state index contributed by atoms with van der Waals surface area (Å²) in [6.07, 6.45) is 0.366. The molecule has 2 N–H and O–H groups in total. The predicted octanol–water partition coefficient (Wildman–Crippen LogP) is 8.30. The number of hydrogen-bond donors (Lipinski definition) is 2. The summed E-state index contributed by atoms with van der Waals surface area (Å²) in [6, 6.07) is 14.6. The maximum atomic E-state index is 16.1. The molecule has 6 nitrogen and oxygen atoms in total. The number of nitrogens with zero attached hydrogens (tertiary/aromatic N) is 2. The van der Waals surface area contributed by atoms with Gasteiger partial charge in [-0.25, -0.2) is 13.6 Å². The molecule has 1 heterocycles. The Morgan fingerprint density at radius 1 is 1.09 bits per heavy atom. The molecule has 0 unspecified atom stereocenters. The number of halogens is 4. The zero-order valence-electron chi connectivity index (χ0n) is 25.2. The van der Waals surface area contributed by atoms with Crippen molar-refractivity contribution in [1.29, 1.82) is 5.26 Å². The Morgan fingerprint density at radius 2 is 1.75 bits per heavy atom. The first-order valence-corrected chi connectivity index (χ1v) is 15.1. The third kappa shape index (κ3) is 6.46. The molecule has 4 atom stereocenters. The van der Waals surface area contributed by atoms with E-state index in [0.717, 1.165) is 6.07 Å². The highest BCUT2D eigenvalue weighted by Gasteiger charge is 2.64. The number of hydrogen-bond acceptors (Lipinski definition) is 4. The van der Waals surface area contributed by atoms with Crippen molar-refractivity contribution in [3.05, 3.63) is 99.0 Å². The molecule has 232 valence electrons. The van der Waals surface area contributed by atoms with Crippen molar-refractivity contribution in [2.45, 2.75) is 64.5 Å². The number of nitrogens with one attached hydrogen (secondary N) is 1. The third-order valence-corrected chi connectivity index (χ3v) is 8.54. The molecule has 0 bridgehead atoms. The minimum atomic E-state index is -1.75. The highest BCUT2D eigenvalue weighted by molar-refractivity contribution is 6.31. The van der Waals surface area contributed by atoms with Crippen LogP contribution in [0.1, 0.15) is 68.4 Å². The van der Waals surface area contributed by atoms with E-state index < -0.39 is 46.9 Å². The molecule has 0 aromatic heterocycles. The molecule has 0 spiro atoms. The van der Waals surface area contributed by atoms with E-state index in [9.17, 15) is 20.0 Å². The Hall–Kier alpha value is -3.51. The maximum absolute atomic E-state index is 16.1. The van der Waals surface area contributed by atoms with Crippen molar-refractivity contribution in [2.24, 2.45) is 11.3 Å². The molecular formula is C34H35Cl2F2N3O3. The number of benzene rings is 3. The fraction of sp³-hybridized carbons (Fsp3) is 0.382. The molecule has 3 aromatic carbocycles. The summed E-state index contributed by atoms with van der Waals surface area (Å²) < 4.78 is 32.1. The van der Waals surface area contributed by atoms with E-state index >= 15 is 8.78 Å². The summed E-state index contributed by atoms with van der Waals surface area (Å²) >= 11 is 12.4. The standard InChI is InChI=1S/C34H35Cl2F2N3O3/c1-19(2)17-41-27(16-33(3,4)5)34(18-39,24-14-11-21(35)15-26(24)37)28(23-7-6-8-25(36)29(23)38)30(41)31(42)40-22-12-9-20(10-13-22)32(43)44/h6-15,19,27-28,30H,16-17H2,1-5H3,(H,40,42)(H,43,44)/t27-,28-,30+,34-/m0/s1. The highest BCUT2D eigenvalue weighted by atomic mass is 35.5. The number of likely N-dealkylation sites (tertiary alicyclic amines) is 1. The lowest BCUT2D eigenvalue weighted by atomic mass is 9.62. The number of carboxylic acid groups (broad SMARTS) is 1. The van der Waals surface area contributed by atoms with Crippen molar-refractivity contribution < 1.29 is 23.5 Å². The molecule has 44 heavy (non-hydrogen) atoms. The van der Waals surface area contributed by atoms with E-state index in [1.165, 1.54) is 48.5 Å². The molecule has 10 heteroatoms. The van der Waals surface area contributed by atoms with Gasteiger partial charge in [0.1, 0.15) is 17.0 Å². The van der Waals surface area contributed by atoms with Crippen LogP contribution in [0.15, 0.2) is 60.7 Å². The van der Waals surface area contributed by atoms with Crippen molar-refractivity contribution in [3.8, 4) is 6.07 Å². The smallest absolute Gasteiger partial charge is 0.335 e. The van der Waals surface area contributed by atoms with Crippen LogP contribution in [0.2, 0.25) is 10.0 Å². The summed E-state index contributed by atoms with van der Waals surface area (Å²) in [4.78, 5) is 27.7. The predicted molar refractivity (Wildman–Crippen MR) is 168 cm³/mol. The second-order valence-electron chi connectivity index (χ2n) is 12.9. The van der Waals surface area contributed by atoms with Crippen molar-refractivity contribution in [1.82, 2.24) is 4.90 Å². The van der Waals surface area contributed by atoms with Gasteiger partial charge in [0.15, 0.2) is 0 Å². The van der Waals surface area contributed by atoms with Crippen LogP contribution in [0.25, 0.3) is 0 Å². The molecule has 0 saturated carbocycles. The monoisotopic (exact) mass is 641 g/mol. The Balaban J connectivity index is 2.05. The number of carbonyl (C=O) groups is 2. The SMILES string of the molecule is CC(C)CN1[C@@H](CC(C)(C)C)[C@](C#N)(c2ccc(Cl)cc2F)[C@@H](c2cccc(Cl)c2F)[C@@H]1C(=O)Nc1ccc(C(=O)O)cc1. The molecule has 1 aliphatic heterocycles. The van der Waals surface area contributed by atoms with Gasteiger partial charge in [0.2, 0.25) is 5.91 Å². The van der Waals surface area contributed by atoms with E-state index in [0.29, 0.717) is 18.7 Å². The van der Waals surface area contributed by atoms with Crippen LogP contribution in [0.4, 0.5) is 14.5 Å². The van der Waals surface area contributed by atoms with Crippen LogP contribution in [0.5, 0.6) is 0 Å². The number of carboxylic acids is 1. The lowest BCUT2D eigenvalue weighted by molar-refractivity contribution is -0.121. The van der Waals surface area contributed by atoms with Gasteiger partial charge in [-0.2, -0.15) is 5.26 Å². The average Bonchev–Trinajstić information content (AvgIpc) is 3.18. The van der Waals surface area contributed by atoms with Gasteiger partial charge < -0.3 is 10.4 Å². The van der Waals surface area contributed by atoms with Crippen LogP contribution < -0.4 is 5.32 Å². The number of anilines is 1. The van der Waals surface area contributed by atoms with E-state index in [1.54, 1.807) is 6.07 Å². The molecule has 3 aromatic rings. The number of rotatable bonds is 8. The van der Waals surface area contributed by atoms with Gasteiger partial charge in [0.25, 0.3) is 0 Å². The van der Waals surface area contributed by atoms with Crippen molar-refractivity contribution >= 4 is 40.8 Å². The van der Waals surface area contributed by atoms with Gasteiger partial charge >= 0.3 is 5.97 Å². The normalized spacial score (nSPS) is 22.2. The van der Waals surface area contributed by atoms with E-state index in [1.807, 2.05) is 39.5 Å². The minimum absolute atomic E-state index is 0.0111. The first-order valence-electron chi connectivity index (χ1n) is 14.3. The second-order valence-corrected chi connectivity index (χ2v) is 13.8. The Bertz CT molecular complexity index is 1600. The minimum Gasteiger partial charge on any atom is -0.478 e. The van der Waals surface area contributed by atoms with E-state index in [-0.39, 0.29) is 38.1 Å². The first kappa shape index (κ1) is 33.4. The van der Waals surface area contributed by atoms with Crippen LogP contribution in [0.3, 0.4) is 0 Å². The van der Waals surface area contributed by atoms with E-state index in [4.69, 9.17) is 23.2 Å². The van der Waals surface area contributed by atoms with Gasteiger partial charge in [-0.15, -0.1) is 0 Å². The summed E-state index contributed by atoms with van der Waals surface area (Å²) in [7, 11) is 0. The van der Waals surface area contributed by atoms with Gasteiger partial charge in [0, 0.05) is 34.8 Å². The maximum Gasteiger partial charge on any atom is 0.335 e. The first-order chi connectivity index (χ1) is 20.6. The Kier molecular flexibility index (Phi) is 9.75. The third-order valence-electron chi connectivity index (χ3n) is 8.02. The molecular weight excluding hydrogens is 607 g/mol. The Morgan fingerprint density at radius 3 is 2.30 bits per heavy atom. The van der Waals surface area contributed by atoms with Crippen LogP contribution in [-0.2, 0) is 10.2 Å². The number of aromatic carboxylic acids is 1. The van der Waals surface area contributed by atoms with Crippen molar-refractivity contribution in [2.75, 3.05) is 11.9 Å². The topological polar surface area (TPSA) is 93.4 Å². The van der Waals surface area contributed by atoms with Gasteiger partial charge in [-0.1, -0.05) is 76.0 Å². The number of carbonyl (C=O) groups excluding carboxylic acids is 1. The molecule has 1 fully saturated rings. The second kappa shape index (κ2) is 12.8. The highest BCUT2D eigenvalue weighted by Crippen LogP contribution is 2.57. The largest absolute Gasteiger partial charge is 0.478 e. The van der Waals surface area contributed by atoms with Gasteiger partial charge in [0.05, 0.1) is 22.7 Å². The molecule has 0 radical (unpaired) electrons.